The Kier molecular flexibility index (Phi) is 10.9. The van der Waals surface area contributed by atoms with Gasteiger partial charge >= 0.3 is 0 Å². The van der Waals surface area contributed by atoms with Crippen LogP contribution in [-0.2, 0) is 32.6 Å². The Morgan fingerprint density at radius 1 is 0.864 bits per heavy atom. The van der Waals surface area contributed by atoms with Crippen LogP contribution < -0.4 is 14.4 Å². The van der Waals surface area contributed by atoms with Crippen LogP contribution in [-0.4, -0.2) is 51.9 Å². The molecule has 44 heavy (non-hydrogen) atoms. The highest BCUT2D eigenvalue weighted by Gasteiger charge is 2.35. The number of methoxy groups -OCH3 is 1. The normalized spacial score (nSPS) is 11.8. The van der Waals surface area contributed by atoms with E-state index in [1.165, 1.54) is 31.2 Å². The molecule has 0 spiro atoms. The van der Waals surface area contributed by atoms with Gasteiger partial charge in [0.25, 0.3) is 10.0 Å². The summed E-state index contributed by atoms with van der Waals surface area (Å²) in [5.41, 5.74) is 2.39. The molecule has 0 unspecified atom stereocenters. The van der Waals surface area contributed by atoms with E-state index in [9.17, 15) is 18.0 Å². The summed E-state index contributed by atoms with van der Waals surface area (Å²) in [6.45, 7) is 1.17. The van der Waals surface area contributed by atoms with Crippen LogP contribution in [0.25, 0.3) is 0 Å². The van der Waals surface area contributed by atoms with Crippen molar-refractivity contribution in [3.63, 3.8) is 0 Å². The molecule has 4 rings (SSSR count). The number of nitrogens with one attached hydrogen (secondary N) is 1. The molecule has 0 fully saturated rings. The van der Waals surface area contributed by atoms with Gasteiger partial charge in [-0.15, -0.1) is 0 Å². The van der Waals surface area contributed by atoms with Crippen LogP contribution in [0.15, 0.2) is 102 Å². The molecule has 4 aromatic carbocycles. The summed E-state index contributed by atoms with van der Waals surface area (Å²) in [6, 6.07) is 26.2. The lowest BCUT2D eigenvalue weighted by Gasteiger charge is -2.34. The molecule has 0 saturated carbocycles. The van der Waals surface area contributed by atoms with Gasteiger partial charge in [-0.3, -0.25) is 13.9 Å². The Morgan fingerprint density at radius 2 is 1.52 bits per heavy atom. The maximum atomic E-state index is 14.4. The van der Waals surface area contributed by atoms with E-state index in [-0.39, 0.29) is 34.3 Å². The minimum absolute atomic E-state index is 0.000436. The summed E-state index contributed by atoms with van der Waals surface area (Å²) in [5.74, 6) is -0.748. The van der Waals surface area contributed by atoms with Crippen LogP contribution in [0, 0.1) is 6.92 Å². The molecule has 1 N–H and O–H groups in total. The summed E-state index contributed by atoms with van der Waals surface area (Å²) in [6.07, 6.45) is 0.187. The molecule has 0 aliphatic heterocycles. The standard InChI is InChI=1S/C33H33Cl2N3O5S/c1-23-14-17-31(43-3)29(18-23)38(44(41,42)26-12-8-5-9-13-26)22-32(39)37(21-25-15-16-27(34)28(35)19-25)30(33(40)36-2)20-24-10-6-4-7-11-24/h4-19,30H,20-22H2,1-3H3,(H,36,40)/t30-/m0/s1. The van der Waals surface area contributed by atoms with E-state index in [2.05, 4.69) is 5.32 Å². The minimum atomic E-state index is -4.26. The number of sulfonamides is 1. The zero-order chi connectivity index (χ0) is 31.9. The van der Waals surface area contributed by atoms with E-state index in [1.807, 2.05) is 37.3 Å². The van der Waals surface area contributed by atoms with Gasteiger partial charge in [0.05, 0.1) is 27.7 Å². The van der Waals surface area contributed by atoms with Gasteiger partial charge in [0.15, 0.2) is 0 Å². The summed E-state index contributed by atoms with van der Waals surface area (Å²) >= 11 is 12.4. The first kappa shape index (κ1) is 32.9. The number of rotatable bonds is 12. The minimum Gasteiger partial charge on any atom is -0.495 e. The van der Waals surface area contributed by atoms with E-state index < -0.39 is 34.4 Å². The Balaban J connectivity index is 1.84. The maximum absolute atomic E-state index is 14.4. The van der Waals surface area contributed by atoms with Crippen molar-refractivity contribution in [2.45, 2.75) is 30.8 Å². The van der Waals surface area contributed by atoms with Crippen molar-refractivity contribution in [1.82, 2.24) is 10.2 Å². The molecular weight excluding hydrogens is 621 g/mol. The predicted molar refractivity (Wildman–Crippen MR) is 174 cm³/mol. The fraction of sp³-hybridized carbons (Fsp3) is 0.212. The van der Waals surface area contributed by atoms with E-state index in [4.69, 9.17) is 27.9 Å². The van der Waals surface area contributed by atoms with Gasteiger partial charge in [-0.05, 0) is 60.0 Å². The van der Waals surface area contributed by atoms with Gasteiger partial charge in [-0.25, -0.2) is 8.42 Å². The number of ether oxygens (including phenoxy) is 1. The Bertz CT molecular complexity index is 1720. The zero-order valence-electron chi connectivity index (χ0n) is 24.5. The Morgan fingerprint density at radius 3 is 2.14 bits per heavy atom. The molecule has 0 aromatic heterocycles. The number of nitrogens with zero attached hydrogens (tertiary/aromatic N) is 2. The zero-order valence-corrected chi connectivity index (χ0v) is 26.9. The Hall–Kier alpha value is -4.05. The molecule has 0 bridgehead atoms. The highest BCUT2D eigenvalue weighted by Crippen LogP contribution is 2.34. The van der Waals surface area contributed by atoms with Crippen molar-refractivity contribution in [3.8, 4) is 5.75 Å². The van der Waals surface area contributed by atoms with Crippen molar-refractivity contribution in [1.29, 1.82) is 0 Å². The monoisotopic (exact) mass is 653 g/mol. The van der Waals surface area contributed by atoms with Crippen LogP contribution in [0.4, 0.5) is 5.69 Å². The first-order valence-corrected chi connectivity index (χ1v) is 16.0. The van der Waals surface area contributed by atoms with Crippen LogP contribution in [0.5, 0.6) is 5.75 Å². The van der Waals surface area contributed by atoms with Gasteiger partial charge in [-0.2, -0.15) is 0 Å². The molecule has 230 valence electrons. The number of hydrogen-bond donors (Lipinski definition) is 1. The van der Waals surface area contributed by atoms with Crippen molar-refractivity contribution in [3.05, 3.63) is 124 Å². The van der Waals surface area contributed by atoms with Crippen LogP contribution in [0.2, 0.25) is 10.0 Å². The van der Waals surface area contributed by atoms with Crippen molar-refractivity contribution in [2.75, 3.05) is 25.0 Å². The second-order valence-electron chi connectivity index (χ2n) is 10.1. The molecule has 4 aromatic rings. The lowest BCUT2D eigenvalue weighted by molar-refractivity contribution is -0.139. The summed E-state index contributed by atoms with van der Waals surface area (Å²) in [4.78, 5) is 29.2. The summed E-state index contributed by atoms with van der Waals surface area (Å²) in [5, 5.41) is 3.29. The summed E-state index contributed by atoms with van der Waals surface area (Å²) < 4.78 is 34.9. The molecule has 2 amide bonds. The first-order chi connectivity index (χ1) is 21.0. The number of benzene rings is 4. The molecule has 0 aliphatic rings. The van der Waals surface area contributed by atoms with Gasteiger partial charge in [0.2, 0.25) is 11.8 Å². The van der Waals surface area contributed by atoms with E-state index in [0.717, 1.165) is 15.4 Å². The first-order valence-electron chi connectivity index (χ1n) is 13.8. The highest BCUT2D eigenvalue weighted by atomic mass is 35.5. The number of hydrogen-bond acceptors (Lipinski definition) is 5. The molecule has 11 heteroatoms. The molecular formula is C33H33Cl2N3O5S. The second kappa shape index (κ2) is 14.6. The fourth-order valence-corrected chi connectivity index (χ4v) is 6.54. The lowest BCUT2D eigenvalue weighted by Crippen LogP contribution is -2.53. The van der Waals surface area contributed by atoms with Crippen molar-refractivity contribution >= 4 is 50.7 Å². The van der Waals surface area contributed by atoms with Gasteiger partial charge in [0, 0.05) is 20.0 Å². The quantitative estimate of drug-likeness (QED) is 0.206. The molecule has 0 radical (unpaired) electrons. The number of likely N-dealkylation sites (N-methyl/N-ethyl adjacent to an activating group) is 1. The third-order valence-corrected chi connectivity index (χ3v) is 9.58. The topological polar surface area (TPSA) is 96.0 Å². The number of carbonyl (C=O) groups is 2. The average Bonchev–Trinajstić information content (AvgIpc) is 3.03. The lowest BCUT2D eigenvalue weighted by atomic mass is 10.0. The average molecular weight is 655 g/mol. The van der Waals surface area contributed by atoms with Crippen molar-refractivity contribution < 1.29 is 22.7 Å². The van der Waals surface area contributed by atoms with E-state index in [1.54, 1.807) is 54.6 Å². The highest BCUT2D eigenvalue weighted by molar-refractivity contribution is 7.92. The third-order valence-electron chi connectivity index (χ3n) is 7.07. The third kappa shape index (κ3) is 7.72. The predicted octanol–water partition coefficient (Wildman–Crippen LogP) is 5.89. The van der Waals surface area contributed by atoms with E-state index >= 15 is 0 Å². The smallest absolute Gasteiger partial charge is 0.264 e. The van der Waals surface area contributed by atoms with Gasteiger partial charge in [0.1, 0.15) is 18.3 Å². The molecule has 0 aliphatic carbocycles. The molecule has 1 atom stereocenters. The van der Waals surface area contributed by atoms with Crippen molar-refractivity contribution in [2.24, 2.45) is 0 Å². The Labute approximate surface area is 268 Å². The van der Waals surface area contributed by atoms with Crippen LogP contribution in [0.1, 0.15) is 16.7 Å². The maximum Gasteiger partial charge on any atom is 0.264 e. The summed E-state index contributed by atoms with van der Waals surface area (Å²) in [7, 11) is -1.34. The fourth-order valence-electron chi connectivity index (χ4n) is 4.78. The van der Waals surface area contributed by atoms with Crippen LogP contribution >= 0.6 is 23.2 Å². The largest absolute Gasteiger partial charge is 0.495 e. The van der Waals surface area contributed by atoms with Gasteiger partial charge in [-0.1, -0.05) is 83.9 Å². The molecule has 0 saturated heterocycles. The number of anilines is 1. The SMILES string of the molecule is CNC(=O)[C@H](Cc1ccccc1)N(Cc1ccc(Cl)c(Cl)c1)C(=O)CN(c1cc(C)ccc1OC)S(=O)(=O)c1ccccc1. The number of aryl methyl sites for hydroxylation is 1. The number of amides is 2. The van der Waals surface area contributed by atoms with E-state index in [0.29, 0.717) is 10.6 Å². The second-order valence-corrected chi connectivity index (χ2v) is 12.8. The molecule has 0 heterocycles. The number of halogens is 2. The molecule has 8 nitrogen and oxygen atoms in total. The van der Waals surface area contributed by atoms with Gasteiger partial charge < -0.3 is 15.0 Å². The number of carbonyl (C=O) groups excluding carboxylic acids is 2. The van der Waals surface area contributed by atoms with Crippen LogP contribution in [0.3, 0.4) is 0 Å².